The highest BCUT2D eigenvalue weighted by atomic mass is 35.5. The van der Waals surface area contributed by atoms with Gasteiger partial charge in [-0.05, 0) is 62.4 Å². The average Bonchev–Trinajstić information content (AvgIpc) is 1.34. The minimum Gasteiger partial charge on any atom is -0.466 e. The molecule has 0 radical (unpaired) electrons. The predicted molar refractivity (Wildman–Crippen MR) is 368 cm³/mol. The van der Waals surface area contributed by atoms with Gasteiger partial charge in [0.25, 0.3) is 0 Å². The second-order valence-corrected chi connectivity index (χ2v) is 27.9. The molecule has 4 amide bonds. The molecule has 14 rings (SSSR count). The van der Waals surface area contributed by atoms with Crippen LogP contribution in [0.25, 0.3) is 0 Å². The average molecular weight is 1440 g/mol. The van der Waals surface area contributed by atoms with Crippen molar-refractivity contribution in [3.63, 3.8) is 0 Å². The van der Waals surface area contributed by atoms with E-state index >= 15 is 0 Å². The second-order valence-electron chi connectivity index (χ2n) is 24.5. The summed E-state index contributed by atoms with van der Waals surface area (Å²) in [7, 11) is 2.62. The smallest absolute Gasteiger partial charge is 0.338 e. The molecule has 8 aliphatic heterocycles. The Balaban J connectivity index is 0.000000176. The van der Waals surface area contributed by atoms with E-state index in [9.17, 15) is 37.5 Å². The van der Waals surface area contributed by atoms with Gasteiger partial charge in [-0.1, -0.05) is 35.3 Å². The molecule has 6 atom stereocenters. The molecule has 25 nitrogen and oxygen atoms in total. The predicted octanol–water partition coefficient (Wildman–Crippen LogP) is 7.60. The number of esters is 2. The van der Waals surface area contributed by atoms with Crippen LogP contribution in [-0.2, 0) is 38.1 Å². The molecule has 0 aliphatic carbocycles. The number of rotatable bonds is 17. The summed E-state index contributed by atoms with van der Waals surface area (Å²) in [6.07, 6.45) is 3.09. The van der Waals surface area contributed by atoms with Gasteiger partial charge >= 0.3 is 24.0 Å². The molecule has 2 N–H and O–H groups in total. The largest absolute Gasteiger partial charge is 0.466 e. The number of methoxy groups -OCH3 is 2. The Hall–Kier alpha value is -8.33. The number of piperazine rings is 2. The minimum atomic E-state index is -0.858. The summed E-state index contributed by atoms with van der Waals surface area (Å²) in [5, 5.41) is 14.5. The van der Waals surface area contributed by atoms with Gasteiger partial charge in [-0.25, -0.2) is 42.9 Å². The number of thiazole rings is 3. The summed E-state index contributed by atoms with van der Waals surface area (Å²) in [5.41, 5.74) is 4.42. The zero-order valence-electron chi connectivity index (χ0n) is 53.8. The van der Waals surface area contributed by atoms with Crippen molar-refractivity contribution in [3.05, 3.63) is 155 Å². The number of halogens is 4. The van der Waals surface area contributed by atoms with E-state index in [4.69, 9.17) is 57.1 Å². The quantitative estimate of drug-likeness (QED) is 0.0834. The molecule has 6 aromatic rings. The maximum atomic E-state index is 14.0. The van der Waals surface area contributed by atoms with E-state index < -0.39 is 41.8 Å². The Bertz CT molecular complexity index is 4160. The number of hydrogen-bond acceptors (Lipinski definition) is 24. The number of urea groups is 2. The van der Waals surface area contributed by atoms with Crippen molar-refractivity contribution in [2.75, 3.05) is 139 Å². The molecular weight excluding hydrogens is 1370 g/mol. The van der Waals surface area contributed by atoms with Gasteiger partial charge in [-0.3, -0.25) is 39.2 Å². The molecule has 6 fully saturated rings. The lowest BCUT2D eigenvalue weighted by atomic mass is 9.95. The molecule has 6 saturated heterocycles. The normalized spacial score (nSPS) is 23.0. The number of nitrogens with zero attached hydrogens (tertiary/aromatic N) is 13. The molecule has 98 heavy (non-hydrogen) atoms. The molecule has 0 saturated carbocycles. The van der Waals surface area contributed by atoms with Crippen LogP contribution in [0.2, 0.25) is 10.0 Å². The van der Waals surface area contributed by atoms with E-state index in [1.807, 2.05) is 50.2 Å². The first kappa shape index (κ1) is 68.2. The molecule has 8 aliphatic rings. The number of nitrogens with one attached hydrogen (secondary N) is 2. The first-order chi connectivity index (χ1) is 47.4. The van der Waals surface area contributed by atoms with Crippen molar-refractivity contribution < 1.29 is 56.5 Å². The van der Waals surface area contributed by atoms with Crippen LogP contribution in [0, 0.1) is 11.6 Å². The van der Waals surface area contributed by atoms with Gasteiger partial charge in [0.1, 0.15) is 41.4 Å². The monoisotopic (exact) mass is 1440 g/mol. The number of aliphatic imine (C=N–C) groups is 2. The molecule has 11 heterocycles. The summed E-state index contributed by atoms with van der Waals surface area (Å²) in [5.74, 6) is -0.339. The number of aromatic nitrogens is 3. The summed E-state index contributed by atoms with van der Waals surface area (Å²) < 4.78 is 49.8. The topological polar surface area (TPSA) is 253 Å². The van der Waals surface area contributed by atoms with Gasteiger partial charge in [0, 0.05) is 157 Å². The molecule has 0 spiro atoms. The number of ketones is 2. The zero-order chi connectivity index (χ0) is 68.5. The van der Waals surface area contributed by atoms with E-state index in [-0.39, 0.29) is 63.0 Å². The molecule has 3 aromatic carbocycles. The van der Waals surface area contributed by atoms with Gasteiger partial charge in [0.05, 0.1) is 69.9 Å². The van der Waals surface area contributed by atoms with E-state index in [1.54, 1.807) is 36.0 Å². The number of morpholine rings is 2. The number of carbonyl (C=O) groups is 6. The van der Waals surface area contributed by atoms with Crippen molar-refractivity contribution in [2.24, 2.45) is 9.98 Å². The molecule has 0 bridgehead atoms. The highest BCUT2D eigenvalue weighted by Gasteiger charge is 2.46. The number of anilines is 4. The lowest BCUT2D eigenvalue weighted by molar-refractivity contribution is -0.137. The van der Waals surface area contributed by atoms with Crippen LogP contribution in [-0.4, -0.2) is 225 Å². The van der Waals surface area contributed by atoms with Gasteiger partial charge in [0.2, 0.25) is 0 Å². The van der Waals surface area contributed by atoms with Crippen molar-refractivity contribution >= 4 is 127 Å². The second kappa shape index (κ2) is 29.6. The fraction of sp³-hybridized carbons (Fsp3) is 0.409. The Labute approximate surface area is 584 Å². The Morgan fingerprint density at radius 2 is 1.14 bits per heavy atom. The van der Waals surface area contributed by atoms with E-state index in [0.29, 0.717) is 161 Å². The Morgan fingerprint density at radius 1 is 0.622 bits per heavy atom. The third kappa shape index (κ3) is 14.6. The van der Waals surface area contributed by atoms with Crippen LogP contribution in [0.1, 0.15) is 53.5 Å². The van der Waals surface area contributed by atoms with Crippen molar-refractivity contribution in [2.45, 2.75) is 56.6 Å². The van der Waals surface area contributed by atoms with Crippen LogP contribution in [0.4, 0.5) is 40.7 Å². The van der Waals surface area contributed by atoms with Crippen LogP contribution >= 0.6 is 57.2 Å². The first-order valence-electron chi connectivity index (χ1n) is 31.8. The number of hydrogen-bond donors (Lipinski definition) is 2. The number of ether oxygens (including phenoxy) is 4. The highest BCUT2D eigenvalue weighted by molar-refractivity contribution is 7.14. The maximum absolute atomic E-state index is 14.0. The highest BCUT2D eigenvalue weighted by Crippen LogP contribution is 2.41. The molecular formula is C66H69Cl2F2N15O10S3. The van der Waals surface area contributed by atoms with Gasteiger partial charge in [-0.15, -0.1) is 34.0 Å². The zero-order valence-corrected chi connectivity index (χ0v) is 57.7. The molecule has 2 unspecified atom stereocenters. The number of amides is 4. The Kier molecular flexibility index (Phi) is 20.6. The van der Waals surface area contributed by atoms with Crippen molar-refractivity contribution in [3.8, 4) is 0 Å². The first-order valence-corrected chi connectivity index (χ1v) is 35.2. The van der Waals surface area contributed by atoms with Crippen LogP contribution in [0.15, 0.2) is 122 Å². The third-order valence-corrected chi connectivity index (χ3v) is 21.3. The van der Waals surface area contributed by atoms with Crippen LogP contribution in [0.3, 0.4) is 0 Å². The molecule has 3 aromatic heterocycles. The summed E-state index contributed by atoms with van der Waals surface area (Å²) in [6, 6.07) is 13.9. The number of amidine groups is 2. The number of fused-ring (bicyclic) bond motifs is 2. The van der Waals surface area contributed by atoms with Crippen molar-refractivity contribution in [1.29, 1.82) is 0 Å². The number of Topliss-reactive ketones (excluding diaryl/α,β-unsaturated/α-hetero) is 2. The fourth-order valence-electron chi connectivity index (χ4n) is 13.5. The lowest BCUT2D eigenvalue weighted by Crippen LogP contribution is -2.53. The Morgan fingerprint density at radius 3 is 1.65 bits per heavy atom. The fourth-order valence-corrected chi connectivity index (χ4v) is 16.0. The summed E-state index contributed by atoms with van der Waals surface area (Å²) >= 11 is 17.2. The molecule has 32 heteroatoms. The lowest BCUT2D eigenvalue weighted by Gasteiger charge is -2.38. The van der Waals surface area contributed by atoms with E-state index in [0.717, 1.165) is 17.2 Å². The third-order valence-electron chi connectivity index (χ3n) is 18.2. The molecule has 514 valence electrons. The summed E-state index contributed by atoms with van der Waals surface area (Å²) in [6.45, 7) is 11.5. The summed E-state index contributed by atoms with van der Waals surface area (Å²) in [4.78, 5) is 117. The standard InChI is InChI=1S/C34H35ClFN7O5S.C32H34ClFN8O5S2/c1-20(44)28-19-41(12-13-48-28)22-4-6-23(7-5-22)43-17-24-16-40(10-11-42(24)34(43)46)18-27-29(33(45)47-2)30(25-8-3-21(36)15-26(25)35)39-31(38-27)32-37-9-14-49-32;1-18(43)11-21-15-40(8-9-47-21)25-17-49-31(37-25)42-14-20-13-39(6-7-41(20)32(42)45)16-24-26(30(44)46-2)27(22-4-3-19(34)12-23(22)33)38-28(36-24)29-35-5-10-48-29/h3-9,14-15,24,28,30H,10-13,16-19H2,1-2H3,(H,38,39);3-5,10,12,17,20-21,27H,6-9,11,13-16H2,1-2H3,(H,36,38)/t24-,28?,30-;20-,21?,27-/m00/s1. The van der Waals surface area contributed by atoms with Crippen molar-refractivity contribution in [1.82, 2.24) is 45.2 Å². The van der Waals surface area contributed by atoms with Gasteiger partial charge in [0.15, 0.2) is 32.6 Å². The van der Waals surface area contributed by atoms with Gasteiger partial charge < -0.3 is 49.2 Å². The van der Waals surface area contributed by atoms with Crippen LogP contribution in [0.5, 0.6) is 0 Å². The maximum Gasteiger partial charge on any atom is 0.338 e. The minimum absolute atomic E-state index is 0.0111. The van der Waals surface area contributed by atoms with E-state index in [2.05, 4.69) is 40.2 Å². The van der Waals surface area contributed by atoms with Crippen LogP contribution < -0.4 is 30.2 Å². The van der Waals surface area contributed by atoms with Gasteiger partial charge in [-0.2, -0.15) is 0 Å². The SMILES string of the molecule is COC(=O)C1=C(CN2CCN3C(=O)N(c4ccc(N5CCOC(C(C)=O)C5)cc4)C[C@@H]3C2)NC(c2nccs2)=N[C@H]1c1ccc(F)cc1Cl.COC(=O)C1=C(CN2CCN3C(=O)N(c4nc(N5CCOC(CC(C)=O)C5)cs4)C[C@@H]3C2)NC(c2nccs2)=N[C@H]1c1ccc(F)cc1Cl. The number of carbonyl (C=O) groups excluding carboxylic acids is 6. The number of benzene rings is 3. The van der Waals surface area contributed by atoms with E-state index in [1.165, 1.54) is 84.6 Å².